The van der Waals surface area contributed by atoms with E-state index in [9.17, 15) is 9.90 Å². The second-order valence-corrected chi connectivity index (χ2v) is 6.06. The number of ether oxygens (including phenoxy) is 1. The van der Waals surface area contributed by atoms with Crippen molar-refractivity contribution in [1.29, 1.82) is 0 Å². The minimum absolute atomic E-state index is 0.0319. The van der Waals surface area contributed by atoms with E-state index in [4.69, 9.17) is 4.74 Å². The molecule has 0 aliphatic carbocycles. The van der Waals surface area contributed by atoms with Crippen LogP contribution in [0.25, 0.3) is 10.2 Å². The number of amides is 1. The predicted molar refractivity (Wildman–Crippen MR) is 98.5 cm³/mol. The number of phenols is 1. The lowest BCUT2D eigenvalue weighted by Gasteiger charge is -2.05. The number of hydrazone groups is 1. The van der Waals surface area contributed by atoms with Crippen molar-refractivity contribution in [1.82, 2.24) is 10.4 Å². The topological polar surface area (TPSA) is 95.8 Å². The van der Waals surface area contributed by atoms with E-state index in [0.29, 0.717) is 16.4 Å². The van der Waals surface area contributed by atoms with Gasteiger partial charge in [0, 0.05) is 5.56 Å². The summed E-state index contributed by atoms with van der Waals surface area (Å²) in [5.41, 5.74) is 3.73. The fraction of sp³-hybridized carbons (Fsp3) is 0.118. The molecule has 0 aliphatic rings. The Bertz CT molecular complexity index is 890. The number of benzene rings is 2. The molecule has 0 aliphatic heterocycles. The molecule has 0 bridgehead atoms. The number of nitrogens with one attached hydrogen (secondary N) is 2. The minimum atomic E-state index is -0.321. The van der Waals surface area contributed by atoms with Crippen LogP contribution in [0.5, 0.6) is 11.5 Å². The maximum Gasteiger partial charge on any atom is 0.259 e. The molecule has 1 aromatic heterocycles. The number of fused-ring (bicyclic) bond motifs is 1. The number of carbonyl (C=O) groups is 1. The first-order valence-corrected chi connectivity index (χ1v) is 8.26. The van der Waals surface area contributed by atoms with Gasteiger partial charge in [-0.2, -0.15) is 5.10 Å². The molecular formula is C17H16N4O3S. The van der Waals surface area contributed by atoms with Crippen molar-refractivity contribution in [3.8, 4) is 11.5 Å². The maximum atomic E-state index is 11.8. The van der Waals surface area contributed by atoms with Crippen LogP contribution >= 0.6 is 11.3 Å². The van der Waals surface area contributed by atoms with Crippen LogP contribution in [0.15, 0.2) is 47.6 Å². The Morgan fingerprint density at radius 3 is 2.96 bits per heavy atom. The minimum Gasteiger partial charge on any atom is -0.504 e. The quantitative estimate of drug-likeness (QED) is 0.466. The zero-order chi connectivity index (χ0) is 17.6. The van der Waals surface area contributed by atoms with Crippen molar-refractivity contribution in [2.75, 3.05) is 19.0 Å². The van der Waals surface area contributed by atoms with Crippen molar-refractivity contribution in [2.24, 2.45) is 5.10 Å². The Labute approximate surface area is 148 Å². The molecule has 128 valence electrons. The lowest BCUT2D eigenvalue weighted by Crippen LogP contribution is -2.25. The number of hydrogen-bond donors (Lipinski definition) is 3. The van der Waals surface area contributed by atoms with Crippen LogP contribution in [0.3, 0.4) is 0 Å². The number of carbonyl (C=O) groups excluding carboxylic acids is 1. The van der Waals surface area contributed by atoms with Gasteiger partial charge in [-0.25, -0.2) is 10.4 Å². The lowest BCUT2D eigenvalue weighted by atomic mass is 10.2. The number of phenolic OH excluding ortho intramolecular Hbond substituents is 1. The lowest BCUT2D eigenvalue weighted by molar-refractivity contribution is -0.119. The summed E-state index contributed by atoms with van der Waals surface area (Å²) in [5, 5.41) is 17.4. The number of nitrogens with zero attached hydrogens (tertiary/aromatic N) is 2. The smallest absolute Gasteiger partial charge is 0.259 e. The standard InChI is InChI=1S/C17H16N4O3S/c1-24-13-7-4-5-11(16(13)23)9-19-21-15(22)10-18-17-20-12-6-2-3-8-14(12)25-17/h2-9,23H,10H2,1H3,(H,18,20)(H,21,22)/b19-9+. The second kappa shape index (κ2) is 7.63. The first-order valence-electron chi connectivity index (χ1n) is 7.44. The highest BCUT2D eigenvalue weighted by molar-refractivity contribution is 7.22. The van der Waals surface area contributed by atoms with E-state index in [1.54, 1.807) is 18.2 Å². The number of rotatable bonds is 6. The molecule has 2 aromatic carbocycles. The molecule has 1 amide bonds. The zero-order valence-corrected chi connectivity index (χ0v) is 14.2. The van der Waals surface area contributed by atoms with E-state index in [1.807, 2.05) is 24.3 Å². The van der Waals surface area contributed by atoms with Crippen molar-refractivity contribution in [2.45, 2.75) is 0 Å². The zero-order valence-electron chi connectivity index (χ0n) is 13.4. The van der Waals surface area contributed by atoms with Gasteiger partial charge in [-0.15, -0.1) is 0 Å². The van der Waals surface area contributed by atoms with E-state index >= 15 is 0 Å². The third-order valence-electron chi connectivity index (χ3n) is 3.34. The summed E-state index contributed by atoms with van der Waals surface area (Å²) in [4.78, 5) is 16.2. The van der Waals surface area contributed by atoms with E-state index < -0.39 is 0 Å². The summed E-state index contributed by atoms with van der Waals surface area (Å²) >= 11 is 1.48. The van der Waals surface area contributed by atoms with E-state index in [-0.39, 0.29) is 18.2 Å². The summed E-state index contributed by atoms with van der Waals surface area (Å²) in [6.45, 7) is 0.0429. The molecule has 7 nitrogen and oxygen atoms in total. The third-order valence-corrected chi connectivity index (χ3v) is 4.33. The molecule has 0 atom stereocenters. The molecule has 3 rings (SSSR count). The number of aromatic hydroxyl groups is 1. The second-order valence-electron chi connectivity index (χ2n) is 5.03. The third kappa shape index (κ3) is 4.04. The molecule has 0 saturated carbocycles. The van der Waals surface area contributed by atoms with Gasteiger partial charge in [0.25, 0.3) is 5.91 Å². The highest BCUT2D eigenvalue weighted by atomic mass is 32.1. The maximum absolute atomic E-state index is 11.8. The van der Waals surface area contributed by atoms with Crippen molar-refractivity contribution < 1.29 is 14.6 Å². The van der Waals surface area contributed by atoms with Gasteiger partial charge in [0.15, 0.2) is 16.6 Å². The van der Waals surface area contributed by atoms with Gasteiger partial charge < -0.3 is 15.2 Å². The number of para-hydroxylation sites is 2. The Morgan fingerprint density at radius 2 is 2.16 bits per heavy atom. The van der Waals surface area contributed by atoms with Crippen LogP contribution in [-0.2, 0) is 4.79 Å². The van der Waals surface area contributed by atoms with Gasteiger partial charge in [0.05, 0.1) is 30.1 Å². The number of methoxy groups -OCH3 is 1. The number of thiazole rings is 1. The van der Waals surface area contributed by atoms with Crippen molar-refractivity contribution in [3.63, 3.8) is 0 Å². The summed E-state index contributed by atoms with van der Waals surface area (Å²) in [6.07, 6.45) is 1.35. The molecule has 0 fully saturated rings. The van der Waals surface area contributed by atoms with Gasteiger partial charge in [-0.3, -0.25) is 4.79 Å². The average Bonchev–Trinajstić information content (AvgIpc) is 3.04. The fourth-order valence-electron chi connectivity index (χ4n) is 2.13. The molecule has 3 N–H and O–H groups in total. The van der Waals surface area contributed by atoms with Crippen LogP contribution in [0.2, 0.25) is 0 Å². The Kier molecular flexibility index (Phi) is 5.10. The molecule has 1 heterocycles. The van der Waals surface area contributed by atoms with E-state index in [0.717, 1.165) is 10.2 Å². The van der Waals surface area contributed by atoms with Gasteiger partial charge in [0.2, 0.25) is 0 Å². The monoisotopic (exact) mass is 356 g/mol. The summed E-state index contributed by atoms with van der Waals surface area (Å²) in [5.74, 6) is -0.0127. The van der Waals surface area contributed by atoms with Crippen LogP contribution in [-0.4, -0.2) is 35.9 Å². The summed E-state index contributed by atoms with van der Waals surface area (Å²) in [6, 6.07) is 12.8. The molecule has 0 unspecified atom stereocenters. The Morgan fingerprint density at radius 1 is 1.32 bits per heavy atom. The van der Waals surface area contributed by atoms with Crippen LogP contribution in [0, 0.1) is 0 Å². The molecule has 25 heavy (non-hydrogen) atoms. The summed E-state index contributed by atoms with van der Waals surface area (Å²) in [7, 11) is 1.46. The van der Waals surface area contributed by atoms with Gasteiger partial charge in [-0.05, 0) is 24.3 Å². The molecule has 8 heteroatoms. The fourth-order valence-corrected chi connectivity index (χ4v) is 2.99. The van der Waals surface area contributed by atoms with Crippen LogP contribution < -0.4 is 15.5 Å². The molecule has 0 saturated heterocycles. The highest BCUT2D eigenvalue weighted by Gasteiger charge is 2.06. The van der Waals surface area contributed by atoms with Gasteiger partial charge >= 0.3 is 0 Å². The van der Waals surface area contributed by atoms with E-state index in [2.05, 4.69) is 20.8 Å². The average molecular weight is 356 g/mol. The Hall–Kier alpha value is -3.13. The van der Waals surface area contributed by atoms with Gasteiger partial charge in [0.1, 0.15) is 0 Å². The molecule has 3 aromatic rings. The first kappa shape index (κ1) is 16.7. The van der Waals surface area contributed by atoms with E-state index in [1.165, 1.54) is 24.7 Å². The number of hydrogen-bond acceptors (Lipinski definition) is 7. The highest BCUT2D eigenvalue weighted by Crippen LogP contribution is 2.28. The molecule has 0 radical (unpaired) electrons. The Balaban J connectivity index is 1.54. The SMILES string of the molecule is COc1cccc(/C=N/NC(=O)CNc2nc3ccccc3s2)c1O. The largest absolute Gasteiger partial charge is 0.504 e. The van der Waals surface area contributed by atoms with Gasteiger partial charge in [-0.1, -0.05) is 29.5 Å². The number of aromatic nitrogens is 1. The number of anilines is 1. The van der Waals surface area contributed by atoms with Crippen LogP contribution in [0.1, 0.15) is 5.56 Å². The molecular weight excluding hydrogens is 340 g/mol. The van der Waals surface area contributed by atoms with Crippen molar-refractivity contribution in [3.05, 3.63) is 48.0 Å². The normalized spacial score (nSPS) is 10.9. The first-order chi connectivity index (χ1) is 12.2. The predicted octanol–water partition coefficient (Wildman–Crippen LogP) is 2.57. The summed E-state index contributed by atoms with van der Waals surface area (Å²) < 4.78 is 6.06. The van der Waals surface area contributed by atoms with Crippen LogP contribution in [0.4, 0.5) is 5.13 Å². The molecule has 0 spiro atoms. The van der Waals surface area contributed by atoms with Crippen molar-refractivity contribution >= 4 is 38.8 Å².